The minimum atomic E-state index is -1.44. The Hall–Kier alpha value is -1.83. The zero-order valence-electron chi connectivity index (χ0n) is 11.8. The number of hydrogen-bond acceptors (Lipinski definition) is 5. The van der Waals surface area contributed by atoms with E-state index < -0.39 is 29.6 Å². The lowest BCUT2D eigenvalue weighted by molar-refractivity contribution is -0.144. The van der Waals surface area contributed by atoms with Gasteiger partial charge in [0.15, 0.2) is 5.54 Å². The van der Waals surface area contributed by atoms with Crippen LogP contribution in [-0.4, -0.2) is 55.0 Å². The van der Waals surface area contributed by atoms with E-state index in [1.807, 2.05) is 0 Å². The van der Waals surface area contributed by atoms with E-state index in [1.165, 1.54) is 7.11 Å². The van der Waals surface area contributed by atoms with Gasteiger partial charge in [0.05, 0.1) is 13.7 Å². The SMILES string of the molecule is COC(=O)C(NC(=O)NC1(C(=O)O)CCOC1)C(C)C. The summed E-state index contributed by atoms with van der Waals surface area (Å²) in [5.74, 6) is -1.93. The number of amides is 2. The van der Waals surface area contributed by atoms with Gasteiger partial charge in [-0.3, -0.25) is 0 Å². The number of rotatable bonds is 5. The molecular weight excluding hydrogens is 268 g/mol. The van der Waals surface area contributed by atoms with Gasteiger partial charge in [-0.2, -0.15) is 0 Å². The van der Waals surface area contributed by atoms with Crippen molar-refractivity contribution < 1.29 is 29.0 Å². The Balaban J connectivity index is 2.70. The minimum Gasteiger partial charge on any atom is -0.479 e. The lowest BCUT2D eigenvalue weighted by Gasteiger charge is -2.26. The molecule has 1 saturated heterocycles. The van der Waals surface area contributed by atoms with Crippen molar-refractivity contribution in [1.82, 2.24) is 10.6 Å². The summed E-state index contributed by atoms with van der Waals surface area (Å²) in [6.07, 6.45) is 0.181. The number of hydrogen-bond donors (Lipinski definition) is 3. The Morgan fingerprint density at radius 3 is 2.40 bits per heavy atom. The largest absolute Gasteiger partial charge is 0.479 e. The number of esters is 1. The first-order chi connectivity index (χ1) is 9.32. The van der Waals surface area contributed by atoms with Crippen LogP contribution in [0.4, 0.5) is 4.79 Å². The highest BCUT2D eigenvalue weighted by atomic mass is 16.5. The normalized spacial score (nSPS) is 23.2. The third kappa shape index (κ3) is 3.60. The number of nitrogens with one attached hydrogen (secondary N) is 2. The van der Waals surface area contributed by atoms with E-state index in [9.17, 15) is 19.5 Å². The fourth-order valence-electron chi connectivity index (χ4n) is 1.91. The third-order valence-corrected chi connectivity index (χ3v) is 3.19. The van der Waals surface area contributed by atoms with Gasteiger partial charge in [0.25, 0.3) is 0 Å². The molecule has 2 unspecified atom stereocenters. The van der Waals surface area contributed by atoms with Crippen molar-refractivity contribution in [1.29, 1.82) is 0 Å². The van der Waals surface area contributed by atoms with E-state index in [4.69, 9.17) is 4.74 Å². The second-order valence-electron chi connectivity index (χ2n) is 5.03. The van der Waals surface area contributed by atoms with Crippen LogP contribution in [0.3, 0.4) is 0 Å². The Morgan fingerprint density at radius 2 is 2.00 bits per heavy atom. The summed E-state index contributed by atoms with van der Waals surface area (Å²) in [6, 6.07) is -1.57. The van der Waals surface area contributed by atoms with Crippen molar-refractivity contribution in [2.45, 2.75) is 31.8 Å². The van der Waals surface area contributed by atoms with Gasteiger partial charge in [0, 0.05) is 13.0 Å². The van der Waals surface area contributed by atoms with E-state index in [1.54, 1.807) is 13.8 Å². The number of urea groups is 1. The smallest absolute Gasteiger partial charge is 0.332 e. The predicted molar refractivity (Wildman–Crippen MR) is 68.1 cm³/mol. The molecule has 0 aromatic rings. The lowest BCUT2D eigenvalue weighted by atomic mass is 9.99. The molecule has 0 spiro atoms. The highest BCUT2D eigenvalue weighted by molar-refractivity contribution is 5.89. The second-order valence-corrected chi connectivity index (χ2v) is 5.03. The minimum absolute atomic E-state index is 0.0969. The maximum atomic E-state index is 11.9. The fraction of sp³-hybridized carbons (Fsp3) is 0.750. The summed E-state index contributed by atoms with van der Waals surface area (Å²) in [6.45, 7) is 3.65. The number of carboxylic acid groups (broad SMARTS) is 1. The molecule has 1 fully saturated rings. The molecule has 1 aliphatic heterocycles. The third-order valence-electron chi connectivity index (χ3n) is 3.19. The first-order valence-corrected chi connectivity index (χ1v) is 6.30. The maximum Gasteiger partial charge on any atom is 0.332 e. The van der Waals surface area contributed by atoms with Crippen LogP contribution < -0.4 is 10.6 Å². The Bertz CT molecular complexity index is 389. The first-order valence-electron chi connectivity index (χ1n) is 6.30. The standard InChI is InChI=1S/C12H20N2O6/c1-7(2)8(9(15)19-3)13-11(18)14-12(10(16)17)4-5-20-6-12/h7-8H,4-6H2,1-3H3,(H,16,17)(H2,13,14,18). The van der Waals surface area contributed by atoms with Crippen LogP contribution in [0, 0.1) is 5.92 Å². The lowest BCUT2D eigenvalue weighted by Crippen LogP contribution is -2.60. The predicted octanol–water partition coefficient (Wildman–Crippen LogP) is -0.273. The van der Waals surface area contributed by atoms with Crippen molar-refractivity contribution in [2.75, 3.05) is 20.3 Å². The Kier molecular flexibility index (Phi) is 5.32. The van der Waals surface area contributed by atoms with Crippen LogP contribution in [0.2, 0.25) is 0 Å². The molecule has 8 nitrogen and oxygen atoms in total. The summed E-state index contributed by atoms with van der Waals surface area (Å²) < 4.78 is 9.62. The molecule has 8 heteroatoms. The average Bonchev–Trinajstić information content (AvgIpc) is 2.84. The van der Waals surface area contributed by atoms with Crippen LogP contribution in [-0.2, 0) is 19.1 Å². The van der Waals surface area contributed by atoms with Crippen LogP contribution in [0.15, 0.2) is 0 Å². The zero-order valence-corrected chi connectivity index (χ0v) is 11.8. The Labute approximate surface area is 116 Å². The highest BCUT2D eigenvalue weighted by Crippen LogP contribution is 2.19. The first kappa shape index (κ1) is 16.2. The van der Waals surface area contributed by atoms with Crippen LogP contribution >= 0.6 is 0 Å². The topological polar surface area (TPSA) is 114 Å². The highest BCUT2D eigenvalue weighted by Gasteiger charge is 2.44. The number of carbonyl (C=O) groups is 3. The molecule has 0 aliphatic carbocycles. The van der Waals surface area contributed by atoms with Gasteiger partial charge in [-0.1, -0.05) is 13.8 Å². The molecule has 2 atom stereocenters. The van der Waals surface area contributed by atoms with Crippen LogP contribution in [0.25, 0.3) is 0 Å². The van der Waals surface area contributed by atoms with Gasteiger partial charge in [0.1, 0.15) is 6.04 Å². The molecule has 0 bridgehead atoms. The van der Waals surface area contributed by atoms with Gasteiger partial charge in [-0.05, 0) is 5.92 Å². The van der Waals surface area contributed by atoms with Gasteiger partial charge >= 0.3 is 18.0 Å². The number of methoxy groups -OCH3 is 1. The Morgan fingerprint density at radius 1 is 1.35 bits per heavy atom. The van der Waals surface area contributed by atoms with Crippen molar-refractivity contribution in [3.8, 4) is 0 Å². The van der Waals surface area contributed by atoms with E-state index in [0.717, 1.165) is 0 Å². The molecule has 1 heterocycles. The van der Waals surface area contributed by atoms with Crippen molar-refractivity contribution in [3.05, 3.63) is 0 Å². The molecular formula is C12H20N2O6. The maximum absolute atomic E-state index is 11.9. The quantitative estimate of drug-likeness (QED) is 0.600. The molecule has 20 heavy (non-hydrogen) atoms. The molecule has 1 aliphatic rings. The summed E-state index contributed by atoms with van der Waals surface area (Å²) in [4.78, 5) is 34.7. The van der Waals surface area contributed by atoms with E-state index in [-0.39, 0.29) is 25.6 Å². The monoisotopic (exact) mass is 288 g/mol. The van der Waals surface area contributed by atoms with Gasteiger partial charge in [0.2, 0.25) is 0 Å². The summed E-state index contributed by atoms with van der Waals surface area (Å²) in [7, 11) is 1.22. The summed E-state index contributed by atoms with van der Waals surface area (Å²) >= 11 is 0. The van der Waals surface area contributed by atoms with Gasteiger partial charge < -0.3 is 25.2 Å². The number of aliphatic carboxylic acids is 1. The van der Waals surface area contributed by atoms with E-state index in [0.29, 0.717) is 0 Å². The van der Waals surface area contributed by atoms with Crippen LogP contribution in [0.1, 0.15) is 20.3 Å². The molecule has 114 valence electrons. The molecule has 0 aromatic heterocycles. The molecule has 1 rings (SSSR count). The van der Waals surface area contributed by atoms with Crippen molar-refractivity contribution >= 4 is 18.0 Å². The van der Waals surface area contributed by atoms with Gasteiger partial charge in [-0.25, -0.2) is 14.4 Å². The summed E-state index contributed by atoms with van der Waals surface area (Å²) in [5, 5.41) is 14.0. The molecule has 0 aromatic carbocycles. The van der Waals surface area contributed by atoms with Crippen molar-refractivity contribution in [3.63, 3.8) is 0 Å². The van der Waals surface area contributed by atoms with Gasteiger partial charge in [-0.15, -0.1) is 0 Å². The van der Waals surface area contributed by atoms with E-state index in [2.05, 4.69) is 15.4 Å². The molecule has 0 radical (unpaired) electrons. The zero-order chi connectivity index (χ0) is 15.3. The second kappa shape index (κ2) is 6.56. The number of ether oxygens (including phenoxy) is 2. The van der Waals surface area contributed by atoms with E-state index >= 15 is 0 Å². The fourth-order valence-corrected chi connectivity index (χ4v) is 1.91. The number of carboxylic acids is 1. The molecule has 3 N–H and O–H groups in total. The van der Waals surface area contributed by atoms with Crippen molar-refractivity contribution in [2.24, 2.45) is 5.92 Å². The molecule has 2 amide bonds. The number of carbonyl (C=O) groups excluding carboxylic acids is 2. The molecule has 0 saturated carbocycles. The average molecular weight is 288 g/mol. The summed E-state index contributed by atoms with van der Waals surface area (Å²) in [5.41, 5.74) is -1.44. The van der Waals surface area contributed by atoms with Crippen LogP contribution in [0.5, 0.6) is 0 Å².